The molecule has 0 saturated heterocycles. The van der Waals surface area contributed by atoms with Crippen molar-refractivity contribution in [1.29, 1.82) is 0 Å². The molecule has 164 valence electrons. The zero-order valence-corrected chi connectivity index (χ0v) is 18.7. The van der Waals surface area contributed by atoms with Crippen molar-refractivity contribution >= 4 is 44.3 Å². The lowest BCUT2D eigenvalue weighted by molar-refractivity contribution is -0.117. The molecule has 32 heavy (non-hydrogen) atoms. The van der Waals surface area contributed by atoms with Crippen molar-refractivity contribution in [3.8, 4) is 11.5 Å². The average molecular weight is 450 g/mol. The molecule has 4 aromatic carbocycles. The molecular formula is C26H24ClNO4. The highest BCUT2D eigenvalue weighted by Crippen LogP contribution is 2.25. The van der Waals surface area contributed by atoms with E-state index in [-0.39, 0.29) is 24.0 Å². The largest absolute Gasteiger partial charge is 0.497 e. The number of carbonyl (C=O) groups excluding carboxylic acids is 2. The SMILES string of the molecule is COc1ccc2cccc(CC(=O)Cl)c2c1.COc1ccc2cccc(CC(N)=O)c2c1. The Hall–Kier alpha value is -3.57. The van der Waals surface area contributed by atoms with E-state index in [1.54, 1.807) is 14.2 Å². The predicted molar refractivity (Wildman–Crippen MR) is 128 cm³/mol. The third-order valence-electron chi connectivity index (χ3n) is 5.05. The van der Waals surface area contributed by atoms with Gasteiger partial charge in [0.1, 0.15) is 11.5 Å². The summed E-state index contributed by atoms with van der Waals surface area (Å²) in [5.74, 6) is 1.24. The number of methoxy groups -OCH3 is 2. The molecule has 0 bridgehead atoms. The summed E-state index contributed by atoms with van der Waals surface area (Å²) >= 11 is 5.42. The molecule has 0 atom stereocenters. The molecular weight excluding hydrogens is 426 g/mol. The Labute approximate surface area is 191 Å². The first-order valence-corrected chi connectivity index (χ1v) is 10.4. The number of nitrogens with two attached hydrogens (primary N) is 1. The fraction of sp³-hybridized carbons (Fsp3) is 0.154. The second kappa shape index (κ2) is 10.6. The van der Waals surface area contributed by atoms with E-state index in [1.807, 2.05) is 72.8 Å². The number of fused-ring (bicyclic) bond motifs is 2. The average Bonchev–Trinajstić information content (AvgIpc) is 2.79. The van der Waals surface area contributed by atoms with Gasteiger partial charge in [-0.3, -0.25) is 9.59 Å². The maximum atomic E-state index is 11.0. The predicted octanol–water partition coefficient (Wildman–Crippen LogP) is 5.03. The maximum Gasteiger partial charge on any atom is 0.226 e. The lowest BCUT2D eigenvalue weighted by Crippen LogP contribution is -2.13. The van der Waals surface area contributed by atoms with Crippen molar-refractivity contribution in [3.05, 3.63) is 83.9 Å². The second-order valence-corrected chi connectivity index (χ2v) is 7.60. The van der Waals surface area contributed by atoms with Crippen molar-refractivity contribution in [2.75, 3.05) is 14.2 Å². The van der Waals surface area contributed by atoms with Gasteiger partial charge in [-0.25, -0.2) is 0 Å². The van der Waals surface area contributed by atoms with Gasteiger partial charge in [-0.2, -0.15) is 0 Å². The van der Waals surface area contributed by atoms with Gasteiger partial charge < -0.3 is 15.2 Å². The van der Waals surface area contributed by atoms with Crippen molar-refractivity contribution < 1.29 is 19.1 Å². The Kier molecular flexibility index (Phi) is 7.68. The summed E-state index contributed by atoms with van der Waals surface area (Å²) in [5.41, 5.74) is 7.08. The minimum atomic E-state index is -0.352. The fourth-order valence-electron chi connectivity index (χ4n) is 3.53. The number of hydrogen-bond donors (Lipinski definition) is 1. The summed E-state index contributed by atoms with van der Waals surface area (Å²) in [6.45, 7) is 0. The molecule has 0 aliphatic carbocycles. The van der Waals surface area contributed by atoms with E-state index in [1.165, 1.54) is 0 Å². The lowest BCUT2D eigenvalue weighted by atomic mass is 10.0. The Morgan fingerprint density at radius 2 is 1.22 bits per heavy atom. The van der Waals surface area contributed by atoms with Crippen LogP contribution >= 0.6 is 11.6 Å². The van der Waals surface area contributed by atoms with Gasteiger partial charge in [0.05, 0.1) is 20.6 Å². The van der Waals surface area contributed by atoms with E-state index in [0.717, 1.165) is 44.2 Å². The van der Waals surface area contributed by atoms with Crippen LogP contribution < -0.4 is 15.2 Å². The van der Waals surface area contributed by atoms with Crippen LogP contribution in [0.4, 0.5) is 0 Å². The molecule has 2 N–H and O–H groups in total. The number of carbonyl (C=O) groups is 2. The van der Waals surface area contributed by atoms with Crippen LogP contribution in [0.5, 0.6) is 11.5 Å². The fourth-order valence-corrected chi connectivity index (χ4v) is 3.68. The van der Waals surface area contributed by atoms with Crippen LogP contribution in [0.1, 0.15) is 11.1 Å². The summed E-state index contributed by atoms with van der Waals surface area (Å²) in [6, 6.07) is 23.2. The molecule has 0 spiro atoms. The van der Waals surface area contributed by atoms with Gasteiger partial charge in [0.2, 0.25) is 11.1 Å². The molecule has 0 aliphatic rings. The van der Waals surface area contributed by atoms with Gasteiger partial charge in [-0.1, -0.05) is 48.5 Å². The number of amides is 1. The van der Waals surface area contributed by atoms with Gasteiger partial charge >= 0.3 is 0 Å². The number of rotatable bonds is 6. The van der Waals surface area contributed by atoms with E-state index in [0.29, 0.717) is 0 Å². The van der Waals surface area contributed by atoms with Gasteiger partial charge in [-0.05, 0) is 68.5 Å². The molecule has 4 rings (SSSR count). The minimum absolute atomic E-state index is 0.242. The Bertz CT molecular complexity index is 1170. The van der Waals surface area contributed by atoms with E-state index < -0.39 is 0 Å². The van der Waals surface area contributed by atoms with Gasteiger partial charge in [0, 0.05) is 6.42 Å². The Morgan fingerprint density at radius 1 is 0.750 bits per heavy atom. The second-order valence-electron chi connectivity index (χ2n) is 7.18. The number of halogens is 1. The molecule has 0 heterocycles. The first-order valence-electron chi connectivity index (χ1n) is 9.99. The third kappa shape index (κ3) is 5.77. The molecule has 0 aliphatic heterocycles. The summed E-state index contributed by atoms with van der Waals surface area (Å²) in [6.07, 6.45) is 0.497. The van der Waals surface area contributed by atoms with Crippen LogP contribution in [0.15, 0.2) is 72.8 Å². The van der Waals surface area contributed by atoms with Crippen molar-refractivity contribution in [1.82, 2.24) is 0 Å². The summed E-state index contributed by atoms with van der Waals surface area (Å²) in [4.78, 5) is 21.9. The number of primary amides is 1. The topological polar surface area (TPSA) is 78.6 Å². The van der Waals surface area contributed by atoms with E-state index in [9.17, 15) is 9.59 Å². The quantitative estimate of drug-likeness (QED) is 0.418. The molecule has 1 amide bonds. The third-order valence-corrected chi connectivity index (χ3v) is 5.19. The van der Waals surface area contributed by atoms with E-state index in [4.69, 9.17) is 26.8 Å². The standard InChI is InChI=1S/C13H11ClO2.C13H13NO2/c2*1-16-11-6-5-9-3-2-4-10(7-13(14)15)12(9)8-11/h2-6,8H,7H2,1H3;2-6,8H,7H2,1H3,(H2,14,15). The molecule has 6 heteroatoms. The van der Waals surface area contributed by atoms with Crippen LogP contribution in [0.2, 0.25) is 0 Å². The van der Waals surface area contributed by atoms with E-state index >= 15 is 0 Å². The van der Waals surface area contributed by atoms with Crippen molar-refractivity contribution in [2.45, 2.75) is 12.8 Å². The van der Waals surface area contributed by atoms with Crippen molar-refractivity contribution in [3.63, 3.8) is 0 Å². The highest BCUT2D eigenvalue weighted by atomic mass is 35.5. The zero-order chi connectivity index (χ0) is 23.1. The number of benzene rings is 4. The number of hydrogen-bond acceptors (Lipinski definition) is 4. The first kappa shape index (κ1) is 23.1. The first-order chi connectivity index (χ1) is 15.4. The van der Waals surface area contributed by atoms with Crippen molar-refractivity contribution in [2.24, 2.45) is 5.73 Å². The molecule has 0 aromatic heterocycles. The molecule has 0 saturated carbocycles. The minimum Gasteiger partial charge on any atom is -0.497 e. The normalized spacial score (nSPS) is 10.3. The van der Waals surface area contributed by atoms with Crippen LogP contribution in [-0.4, -0.2) is 25.4 Å². The van der Waals surface area contributed by atoms with Gasteiger partial charge in [0.15, 0.2) is 0 Å². The molecule has 4 aromatic rings. The number of ether oxygens (including phenoxy) is 2. The van der Waals surface area contributed by atoms with Crippen LogP contribution in [-0.2, 0) is 22.4 Å². The molecule has 0 radical (unpaired) electrons. The highest BCUT2D eigenvalue weighted by molar-refractivity contribution is 6.63. The maximum absolute atomic E-state index is 11.0. The van der Waals surface area contributed by atoms with Gasteiger partial charge in [-0.15, -0.1) is 0 Å². The summed E-state index contributed by atoms with van der Waals surface area (Å²) < 4.78 is 10.3. The highest BCUT2D eigenvalue weighted by Gasteiger charge is 2.06. The summed E-state index contributed by atoms with van der Waals surface area (Å²) in [5, 5.41) is 3.84. The smallest absolute Gasteiger partial charge is 0.226 e. The molecule has 5 nitrogen and oxygen atoms in total. The van der Waals surface area contributed by atoms with Gasteiger partial charge in [0.25, 0.3) is 0 Å². The molecule has 0 fully saturated rings. The van der Waals surface area contributed by atoms with Crippen LogP contribution in [0.3, 0.4) is 0 Å². The lowest BCUT2D eigenvalue weighted by Gasteiger charge is -2.06. The van der Waals surface area contributed by atoms with E-state index in [2.05, 4.69) is 0 Å². The molecule has 0 unspecified atom stereocenters. The Balaban J connectivity index is 0.000000181. The monoisotopic (exact) mass is 449 g/mol. The van der Waals surface area contributed by atoms with Crippen LogP contribution in [0.25, 0.3) is 21.5 Å². The van der Waals surface area contributed by atoms with Crippen LogP contribution in [0, 0.1) is 0 Å². The Morgan fingerprint density at radius 3 is 1.62 bits per heavy atom. The zero-order valence-electron chi connectivity index (χ0n) is 17.9. The summed E-state index contributed by atoms with van der Waals surface area (Å²) in [7, 11) is 3.24.